The summed E-state index contributed by atoms with van der Waals surface area (Å²) < 4.78 is 1.71. The van der Waals surface area contributed by atoms with Crippen molar-refractivity contribution in [1.82, 2.24) is 25.4 Å². The molecule has 0 amide bonds. The predicted octanol–water partition coefficient (Wildman–Crippen LogP) is 1.82. The van der Waals surface area contributed by atoms with Crippen molar-refractivity contribution < 1.29 is 5.11 Å². The molecule has 0 radical (unpaired) electrons. The second-order valence-electron chi connectivity index (χ2n) is 5.57. The Hall–Kier alpha value is -0.900. The van der Waals surface area contributed by atoms with Crippen LogP contribution in [0.2, 0.25) is 0 Å². The molecule has 1 heterocycles. The van der Waals surface area contributed by atoms with Gasteiger partial charge in [-0.1, -0.05) is 26.7 Å². The van der Waals surface area contributed by atoms with E-state index in [1.54, 1.807) is 4.68 Å². The molecule has 7 nitrogen and oxygen atoms in total. The number of hydrogen-bond acceptors (Lipinski definition) is 4. The van der Waals surface area contributed by atoms with E-state index in [9.17, 15) is 5.11 Å². The Balaban J connectivity index is 0.00000484. The fourth-order valence-corrected chi connectivity index (χ4v) is 2.44. The lowest BCUT2D eigenvalue weighted by Gasteiger charge is -2.28. The van der Waals surface area contributed by atoms with E-state index in [0.29, 0.717) is 19.0 Å². The number of nitrogens with one attached hydrogen (secondary N) is 2. The second kappa shape index (κ2) is 11.6. The minimum Gasteiger partial charge on any atom is -0.388 e. The fourth-order valence-electron chi connectivity index (χ4n) is 2.44. The molecule has 0 aliphatic carbocycles. The van der Waals surface area contributed by atoms with Crippen molar-refractivity contribution in [2.45, 2.75) is 58.6 Å². The van der Waals surface area contributed by atoms with Gasteiger partial charge in [0.25, 0.3) is 0 Å². The van der Waals surface area contributed by atoms with Crippen LogP contribution in [0, 0.1) is 0 Å². The van der Waals surface area contributed by atoms with Crippen LogP contribution in [0.4, 0.5) is 0 Å². The molecule has 0 aliphatic rings. The molecule has 23 heavy (non-hydrogen) atoms. The summed E-state index contributed by atoms with van der Waals surface area (Å²) in [4.78, 5) is 8.66. The van der Waals surface area contributed by atoms with Crippen LogP contribution in [-0.2, 0) is 13.6 Å². The number of guanidine groups is 1. The molecule has 8 heteroatoms. The molecule has 0 aliphatic heterocycles. The van der Waals surface area contributed by atoms with Gasteiger partial charge < -0.3 is 15.7 Å². The molecule has 0 atom stereocenters. The molecule has 1 aromatic heterocycles. The smallest absolute Gasteiger partial charge is 0.191 e. The van der Waals surface area contributed by atoms with E-state index in [0.717, 1.165) is 38.1 Å². The predicted molar refractivity (Wildman–Crippen MR) is 104 cm³/mol. The lowest BCUT2D eigenvalue weighted by Crippen LogP contribution is -2.47. The number of hydrogen-bond donors (Lipinski definition) is 3. The molecule has 3 N–H and O–H groups in total. The highest BCUT2D eigenvalue weighted by atomic mass is 127. The second-order valence-corrected chi connectivity index (χ2v) is 5.57. The lowest BCUT2D eigenvalue weighted by molar-refractivity contribution is 0.0257. The Labute approximate surface area is 156 Å². The van der Waals surface area contributed by atoms with Gasteiger partial charge in [0.05, 0.1) is 5.60 Å². The maximum atomic E-state index is 10.7. The van der Waals surface area contributed by atoms with Gasteiger partial charge in [0.2, 0.25) is 0 Å². The van der Waals surface area contributed by atoms with Crippen LogP contribution in [0.1, 0.15) is 52.3 Å². The van der Waals surface area contributed by atoms with Gasteiger partial charge in [-0.05, 0) is 19.8 Å². The summed E-state index contributed by atoms with van der Waals surface area (Å²) >= 11 is 0. The van der Waals surface area contributed by atoms with Gasteiger partial charge in [-0.3, -0.25) is 4.68 Å². The zero-order chi connectivity index (χ0) is 16.4. The van der Waals surface area contributed by atoms with Crippen molar-refractivity contribution >= 4 is 29.9 Å². The van der Waals surface area contributed by atoms with E-state index in [2.05, 4.69) is 39.6 Å². The number of aryl methyl sites for hydroxylation is 1. The van der Waals surface area contributed by atoms with Crippen LogP contribution in [0.25, 0.3) is 0 Å². The van der Waals surface area contributed by atoms with Crippen molar-refractivity contribution in [2.24, 2.45) is 12.0 Å². The Bertz CT molecular complexity index is 457. The maximum Gasteiger partial charge on any atom is 0.191 e. The molecule has 0 spiro atoms. The van der Waals surface area contributed by atoms with E-state index in [4.69, 9.17) is 0 Å². The van der Waals surface area contributed by atoms with Gasteiger partial charge in [-0.15, -0.1) is 24.0 Å². The number of rotatable bonds is 9. The Kier molecular flexibility index (Phi) is 11.2. The summed E-state index contributed by atoms with van der Waals surface area (Å²) in [5.41, 5.74) is -0.676. The number of nitrogens with zero attached hydrogens (tertiary/aromatic N) is 4. The van der Waals surface area contributed by atoms with Crippen LogP contribution in [0.15, 0.2) is 11.3 Å². The van der Waals surface area contributed by atoms with Crippen molar-refractivity contribution in [3.05, 3.63) is 12.2 Å². The van der Waals surface area contributed by atoms with E-state index in [1.165, 1.54) is 6.33 Å². The average molecular weight is 438 g/mol. The van der Waals surface area contributed by atoms with E-state index < -0.39 is 5.60 Å². The summed E-state index contributed by atoms with van der Waals surface area (Å²) in [6.07, 6.45) is 5.02. The SMILES string of the molecule is CCCC(O)(CCC)CNC(=NCc1ncnn1C)NCC.I. The summed E-state index contributed by atoms with van der Waals surface area (Å²) in [6, 6.07) is 0. The van der Waals surface area contributed by atoms with Crippen molar-refractivity contribution in [1.29, 1.82) is 0 Å². The molecular formula is C15H31IN6O. The first kappa shape index (κ1) is 22.1. The first-order valence-corrected chi connectivity index (χ1v) is 8.12. The van der Waals surface area contributed by atoms with Crippen LogP contribution < -0.4 is 10.6 Å². The standard InChI is InChI=1S/C15H30N6O.HI/c1-5-8-15(22,9-6-2)11-18-14(16-7-3)17-10-13-19-12-20-21(13)4;/h12,22H,5-11H2,1-4H3,(H2,16,17,18);1H. The first-order chi connectivity index (χ1) is 10.5. The normalized spacial score (nSPS) is 12.0. The topological polar surface area (TPSA) is 87.4 Å². The van der Waals surface area contributed by atoms with E-state index >= 15 is 0 Å². The van der Waals surface area contributed by atoms with Crippen LogP contribution >= 0.6 is 24.0 Å². The molecule has 1 aromatic rings. The van der Waals surface area contributed by atoms with Crippen molar-refractivity contribution in [2.75, 3.05) is 13.1 Å². The van der Waals surface area contributed by atoms with Gasteiger partial charge >= 0.3 is 0 Å². The number of aliphatic imine (C=N–C) groups is 1. The zero-order valence-corrected chi connectivity index (χ0v) is 17.0. The largest absolute Gasteiger partial charge is 0.388 e. The van der Waals surface area contributed by atoms with Gasteiger partial charge in [0.15, 0.2) is 5.96 Å². The first-order valence-electron chi connectivity index (χ1n) is 8.12. The number of aliphatic hydroxyl groups is 1. The third-order valence-corrected chi connectivity index (χ3v) is 3.54. The third-order valence-electron chi connectivity index (χ3n) is 3.54. The Morgan fingerprint density at radius 1 is 1.26 bits per heavy atom. The summed E-state index contributed by atoms with van der Waals surface area (Å²) in [5, 5.41) is 21.1. The molecule has 0 fully saturated rings. The van der Waals surface area contributed by atoms with Crippen LogP contribution in [0.3, 0.4) is 0 Å². The Morgan fingerprint density at radius 2 is 1.91 bits per heavy atom. The lowest BCUT2D eigenvalue weighted by atomic mass is 9.93. The van der Waals surface area contributed by atoms with E-state index in [1.807, 2.05) is 14.0 Å². The van der Waals surface area contributed by atoms with Gasteiger partial charge in [-0.25, -0.2) is 9.98 Å². The quantitative estimate of drug-likeness (QED) is 0.311. The highest BCUT2D eigenvalue weighted by Gasteiger charge is 2.24. The molecule has 0 aromatic carbocycles. The number of halogens is 1. The van der Waals surface area contributed by atoms with Gasteiger partial charge in [0.1, 0.15) is 18.7 Å². The minimum atomic E-state index is -0.676. The van der Waals surface area contributed by atoms with Crippen molar-refractivity contribution in [3.8, 4) is 0 Å². The molecule has 0 saturated carbocycles. The Morgan fingerprint density at radius 3 is 2.39 bits per heavy atom. The van der Waals surface area contributed by atoms with Gasteiger partial charge in [-0.2, -0.15) is 5.10 Å². The highest BCUT2D eigenvalue weighted by molar-refractivity contribution is 14.0. The fraction of sp³-hybridized carbons (Fsp3) is 0.800. The van der Waals surface area contributed by atoms with E-state index in [-0.39, 0.29) is 24.0 Å². The summed E-state index contributed by atoms with van der Waals surface area (Å²) in [6.45, 7) is 7.92. The molecule has 0 unspecified atom stereocenters. The van der Waals surface area contributed by atoms with Gasteiger partial charge in [0, 0.05) is 20.1 Å². The highest BCUT2D eigenvalue weighted by Crippen LogP contribution is 2.18. The average Bonchev–Trinajstić information content (AvgIpc) is 2.88. The van der Waals surface area contributed by atoms with Crippen molar-refractivity contribution in [3.63, 3.8) is 0 Å². The molecule has 0 saturated heterocycles. The number of aromatic nitrogens is 3. The summed E-state index contributed by atoms with van der Waals surface area (Å²) in [5.74, 6) is 1.49. The zero-order valence-electron chi connectivity index (χ0n) is 14.7. The summed E-state index contributed by atoms with van der Waals surface area (Å²) in [7, 11) is 1.85. The van der Waals surface area contributed by atoms with Crippen LogP contribution in [-0.4, -0.2) is 44.5 Å². The maximum absolute atomic E-state index is 10.7. The molecule has 134 valence electrons. The van der Waals surface area contributed by atoms with Crippen LogP contribution in [0.5, 0.6) is 0 Å². The molecular weight excluding hydrogens is 407 g/mol. The molecule has 0 bridgehead atoms. The molecule has 1 rings (SSSR count). The monoisotopic (exact) mass is 438 g/mol. The third kappa shape index (κ3) is 7.96. The minimum absolute atomic E-state index is 0.